The third-order valence-corrected chi connectivity index (χ3v) is 2.75. The highest BCUT2D eigenvalue weighted by atomic mass is 79.9. The van der Waals surface area contributed by atoms with E-state index < -0.39 is 4.92 Å². The van der Waals surface area contributed by atoms with Crippen LogP contribution < -0.4 is 0 Å². The van der Waals surface area contributed by atoms with Gasteiger partial charge in [-0.05, 0) is 45.6 Å². The Balaban J connectivity index is 3.17. The van der Waals surface area contributed by atoms with Crippen molar-refractivity contribution >= 4 is 34.0 Å². The fourth-order valence-electron chi connectivity index (χ4n) is 1.19. The van der Waals surface area contributed by atoms with Gasteiger partial charge in [-0.3, -0.25) is 14.9 Å². The highest BCUT2D eigenvalue weighted by molar-refractivity contribution is 9.10. The molecule has 0 spiro atoms. The van der Waals surface area contributed by atoms with Gasteiger partial charge in [-0.15, -0.1) is 0 Å². The van der Waals surface area contributed by atoms with Gasteiger partial charge in [-0.1, -0.05) is 13.0 Å². The van der Waals surface area contributed by atoms with Gasteiger partial charge in [0.05, 0.1) is 9.40 Å². The van der Waals surface area contributed by atoms with E-state index in [9.17, 15) is 14.9 Å². The van der Waals surface area contributed by atoms with E-state index in [-0.39, 0.29) is 5.69 Å². The zero-order valence-electron chi connectivity index (χ0n) is 8.64. The summed E-state index contributed by atoms with van der Waals surface area (Å²) in [5, 5.41) is 10.7. The lowest BCUT2D eigenvalue weighted by Crippen LogP contribution is -1.90. The molecule has 0 unspecified atom stereocenters. The van der Waals surface area contributed by atoms with Crippen LogP contribution in [0.25, 0.3) is 6.08 Å². The fraction of sp³-hybridized carbons (Fsp3) is 0.182. The van der Waals surface area contributed by atoms with Crippen LogP contribution in [0.4, 0.5) is 5.69 Å². The zero-order chi connectivity index (χ0) is 12.1. The first-order chi connectivity index (χ1) is 7.58. The number of benzene rings is 1. The Labute approximate surface area is 101 Å². The van der Waals surface area contributed by atoms with Gasteiger partial charge in [0.15, 0.2) is 0 Å². The molecule has 0 saturated carbocycles. The van der Waals surface area contributed by atoms with Crippen molar-refractivity contribution in [3.8, 4) is 0 Å². The molecule has 0 amide bonds. The highest BCUT2D eigenvalue weighted by Crippen LogP contribution is 2.26. The first kappa shape index (κ1) is 12.6. The molecule has 4 nitrogen and oxygen atoms in total. The summed E-state index contributed by atoms with van der Waals surface area (Å²) in [6.07, 6.45) is 3.01. The molecule has 16 heavy (non-hydrogen) atoms. The summed E-state index contributed by atoms with van der Waals surface area (Å²) in [6, 6.07) is 4.75. The van der Waals surface area contributed by atoms with Crippen molar-refractivity contribution in [1.29, 1.82) is 0 Å². The summed E-state index contributed by atoms with van der Waals surface area (Å²) in [6.45, 7) is 1.85. The Bertz CT molecular complexity index is 455. The number of nitro groups is 1. The number of rotatable bonds is 4. The summed E-state index contributed by atoms with van der Waals surface area (Å²) in [5.74, 6) is 0. The first-order valence-electron chi connectivity index (χ1n) is 4.68. The molecule has 1 aromatic carbocycles. The van der Waals surface area contributed by atoms with Crippen molar-refractivity contribution in [2.24, 2.45) is 0 Å². The van der Waals surface area contributed by atoms with Crippen molar-refractivity contribution in [3.63, 3.8) is 0 Å². The second-order valence-corrected chi connectivity index (χ2v) is 4.01. The number of nitrogens with zero attached hydrogens (tertiary/aromatic N) is 1. The highest BCUT2D eigenvalue weighted by Gasteiger charge is 2.11. The minimum atomic E-state index is -0.464. The molecule has 0 aromatic heterocycles. The Morgan fingerprint density at radius 2 is 2.25 bits per heavy atom. The Morgan fingerprint density at radius 3 is 2.75 bits per heavy atom. The summed E-state index contributed by atoms with van der Waals surface area (Å²) in [7, 11) is 0. The van der Waals surface area contributed by atoms with Crippen LogP contribution in [-0.4, -0.2) is 11.2 Å². The second kappa shape index (κ2) is 5.55. The predicted octanol–water partition coefficient (Wildman–Crippen LogP) is 3.35. The average Bonchev–Trinajstić information content (AvgIpc) is 2.27. The summed E-state index contributed by atoms with van der Waals surface area (Å²) < 4.78 is 0.429. The molecule has 0 fully saturated rings. The Hall–Kier alpha value is -1.49. The smallest absolute Gasteiger partial charge is 0.284 e. The van der Waals surface area contributed by atoms with Gasteiger partial charge in [-0.2, -0.15) is 0 Å². The molecule has 0 bridgehead atoms. The normalized spacial score (nSPS) is 11.2. The van der Waals surface area contributed by atoms with E-state index in [4.69, 9.17) is 0 Å². The van der Waals surface area contributed by atoms with Gasteiger partial charge in [0.2, 0.25) is 0 Å². The first-order valence-corrected chi connectivity index (χ1v) is 5.47. The lowest BCUT2D eigenvalue weighted by atomic mass is 10.1. The zero-order valence-corrected chi connectivity index (χ0v) is 10.2. The third kappa shape index (κ3) is 3.00. The number of carbonyl (C=O) groups excluding carboxylic acids is 1. The van der Waals surface area contributed by atoms with Crippen LogP contribution in [0.1, 0.15) is 18.9 Å². The fourth-order valence-corrected chi connectivity index (χ4v) is 1.58. The molecule has 0 radical (unpaired) electrons. The van der Waals surface area contributed by atoms with Gasteiger partial charge in [0, 0.05) is 6.07 Å². The summed E-state index contributed by atoms with van der Waals surface area (Å²) in [5.41, 5.74) is 1.26. The van der Waals surface area contributed by atoms with Gasteiger partial charge in [0.25, 0.3) is 5.69 Å². The van der Waals surface area contributed by atoms with Crippen LogP contribution >= 0.6 is 15.9 Å². The van der Waals surface area contributed by atoms with E-state index in [1.54, 1.807) is 18.2 Å². The molecule has 0 aliphatic carbocycles. The van der Waals surface area contributed by atoms with Gasteiger partial charge in [0.1, 0.15) is 6.29 Å². The second-order valence-electron chi connectivity index (χ2n) is 3.16. The van der Waals surface area contributed by atoms with E-state index in [0.717, 1.165) is 6.29 Å². The molecule has 0 aliphatic rings. The Kier molecular flexibility index (Phi) is 4.37. The SMILES string of the molecule is CCC(C=O)=Cc1ccc(Br)c([N+](=O)[O-])c1. The molecule has 5 heteroatoms. The summed E-state index contributed by atoms with van der Waals surface area (Å²) in [4.78, 5) is 20.8. The number of hydrogen-bond donors (Lipinski definition) is 0. The molecule has 0 N–H and O–H groups in total. The lowest BCUT2D eigenvalue weighted by Gasteiger charge is -1.99. The van der Waals surface area contributed by atoms with Crippen LogP contribution in [-0.2, 0) is 4.79 Å². The molecule has 1 rings (SSSR count). The van der Waals surface area contributed by atoms with Crippen molar-refractivity contribution in [2.75, 3.05) is 0 Å². The van der Waals surface area contributed by atoms with Crippen molar-refractivity contribution < 1.29 is 9.72 Å². The van der Waals surface area contributed by atoms with Crippen LogP contribution in [0.2, 0.25) is 0 Å². The number of aldehydes is 1. The maximum Gasteiger partial charge on any atom is 0.284 e. The quantitative estimate of drug-likeness (QED) is 0.368. The molecule has 0 aliphatic heterocycles. The maximum atomic E-state index is 10.7. The monoisotopic (exact) mass is 283 g/mol. The topological polar surface area (TPSA) is 60.2 Å². The molecule has 0 atom stereocenters. The Morgan fingerprint density at radius 1 is 1.56 bits per heavy atom. The van der Waals surface area contributed by atoms with E-state index in [2.05, 4.69) is 15.9 Å². The number of nitro benzene ring substituents is 1. The molecular weight excluding hydrogens is 274 g/mol. The van der Waals surface area contributed by atoms with Crippen molar-refractivity contribution in [3.05, 3.63) is 43.9 Å². The van der Waals surface area contributed by atoms with E-state index in [0.29, 0.717) is 22.0 Å². The summed E-state index contributed by atoms with van der Waals surface area (Å²) >= 11 is 3.10. The largest absolute Gasteiger partial charge is 0.298 e. The lowest BCUT2D eigenvalue weighted by molar-refractivity contribution is -0.385. The maximum absolute atomic E-state index is 10.7. The van der Waals surface area contributed by atoms with Gasteiger partial charge < -0.3 is 0 Å². The van der Waals surface area contributed by atoms with Gasteiger partial charge >= 0.3 is 0 Å². The number of halogens is 1. The van der Waals surface area contributed by atoms with Crippen LogP contribution in [0, 0.1) is 10.1 Å². The van der Waals surface area contributed by atoms with Crippen molar-refractivity contribution in [1.82, 2.24) is 0 Å². The van der Waals surface area contributed by atoms with Crippen LogP contribution in [0.5, 0.6) is 0 Å². The number of allylic oxidation sites excluding steroid dienone is 1. The number of hydrogen-bond acceptors (Lipinski definition) is 3. The van der Waals surface area contributed by atoms with Crippen molar-refractivity contribution in [2.45, 2.75) is 13.3 Å². The molecule has 1 aromatic rings. The van der Waals surface area contributed by atoms with E-state index in [1.807, 2.05) is 6.92 Å². The van der Waals surface area contributed by atoms with E-state index in [1.165, 1.54) is 6.07 Å². The minimum Gasteiger partial charge on any atom is -0.298 e. The van der Waals surface area contributed by atoms with Crippen LogP contribution in [0.15, 0.2) is 28.2 Å². The average molecular weight is 284 g/mol. The molecule has 84 valence electrons. The predicted molar refractivity (Wildman–Crippen MR) is 65.1 cm³/mol. The standard InChI is InChI=1S/C11H10BrNO3/c1-2-8(7-14)5-9-3-4-10(12)11(6-9)13(15)16/h3-7H,2H2,1H3. The molecule has 0 saturated heterocycles. The molecular formula is C11H10BrNO3. The van der Waals surface area contributed by atoms with E-state index >= 15 is 0 Å². The number of carbonyl (C=O) groups is 1. The third-order valence-electron chi connectivity index (χ3n) is 2.08. The van der Waals surface area contributed by atoms with Gasteiger partial charge in [-0.25, -0.2) is 0 Å². The minimum absolute atomic E-state index is 0.00454. The molecule has 0 heterocycles. The van der Waals surface area contributed by atoms with Crippen LogP contribution in [0.3, 0.4) is 0 Å².